The van der Waals surface area contributed by atoms with Gasteiger partial charge in [-0.3, -0.25) is 19.7 Å². The topological polar surface area (TPSA) is 99.0 Å². The maximum Gasteiger partial charge on any atom is 0.306 e. The number of rotatable bonds is 10. The molecule has 8 nitrogen and oxygen atoms in total. The molecule has 8 heteroatoms. The first-order chi connectivity index (χ1) is 19.5. The summed E-state index contributed by atoms with van der Waals surface area (Å²) in [7, 11) is 0. The smallest absolute Gasteiger partial charge is 0.306 e. The second-order valence-electron chi connectivity index (χ2n) is 10.8. The second kappa shape index (κ2) is 12.4. The standard InChI is InChI=1S/C33H34N2O6/c1-22(2)41-30-15-10-24(20-23(30)3)11-17-32(37)40-19-18-34-28-9-7-6-8-27(28)33(4,5)31(34)16-12-25-21-26(35(38)39)13-14-29(25)36/h3,6-10,12-16,20-22H,11,17-19H2,1-2,4-5H3/b25-12-,31-16-. The summed E-state index contributed by atoms with van der Waals surface area (Å²) in [6, 6.07) is 13.5. The number of ether oxygens (including phenoxy) is 2. The van der Waals surface area contributed by atoms with Gasteiger partial charge in [0.15, 0.2) is 5.78 Å². The van der Waals surface area contributed by atoms with E-state index in [2.05, 4.69) is 18.7 Å². The van der Waals surface area contributed by atoms with E-state index in [1.165, 1.54) is 18.2 Å². The van der Waals surface area contributed by atoms with Gasteiger partial charge < -0.3 is 14.4 Å². The third-order valence-corrected chi connectivity index (χ3v) is 7.06. The average molecular weight is 555 g/mol. The lowest BCUT2D eigenvalue weighted by molar-refractivity contribution is -0.419. The van der Waals surface area contributed by atoms with Crippen LogP contribution in [0.5, 0.6) is 5.75 Å². The van der Waals surface area contributed by atoms with E-state index >= 15 is 0 Å². The Morgan fingerprint density at radius 3 is 2.61 bits per heavy atom. The van der Waals surface area contributed by atoms with E-state index in [1.807, 2.05) is 62.4 Å². The number of hydrogen-bond acceptors (Lipinski definition) is 7. The van der Waals surface area contributed by atoms with E-state index in [9.17, 15) is 19.7 Å². The predicted molar refractivity (Wildman–Crippen MR) is 157 cm³/mol. The fourth-order valence-corrected chi connectivity index (χ4v) is 5.01. The highest BCUT2D eigenvalue weighted by molar-refractivity contribution is 6.07. The third-order valence-electron chi connectivity index (χ3n) is 7.06. The van der Waals surface area contributed by atoms with Gasteiger partial charge in [0.25, 0.3) is 5.70 Å². The summed E-state index contributed by atoms with van der Waals surface area (Å²) in [5, 5.41) is 11.2. The molecule has 0 saturated carbocycles. The highest BCUT2D eigenvalue weighted by Gasteiger charge is 2.39. The van der Waals surface area contributed by atoms with Gasteiger partial charge in [0.2, 0.25) is 0 Å². The Morgan fingerprint density at radius 1 is 1.15 bits per heavy atom. The van der Waals surface area contributed by atoms with Gasteiger partial charge in [0.1, 0.15) is 12.4 Å². The molecule has 1 aliphatic carbocycles. The van der Waals surface area contributed by atoms with Gasteiger partial charge in [0, 0.05) is 47.9 Å². The number of allylic oxidation sites excluding steroid dienone is 7. The van der Waals surface area contributed by atoms with Gasteiger partial charge >= 0.3 is 5.97 Å². The number of fused-ring (bicyclic) bond motifs is 1. The Morgan fingerprint density at radius 2 is 1.90 bits per heavy atom. The molecular formula is C33H34N2O6. The van der Waals surface area contributed by atoms with E-state index in [4.69, 9.17) is 16.4 Å². The molecule has 2 aromatic rings. The maximum absolute atomic E-state index is 12.6. The van der Waals surface area contributed by atoms with Crippen molar-refractivity contribution >= 4 is 17.4 Å². The van der Waals surface area contributed by atoms with Crippen molar-refractivity contribution in [3.63, 3.8) is 0 Å². The molecule has 0 saturated heterocycles. The van der Waals surface area contributed by atoms with Crippen molar-refractivity contribution < 1.29 is 24.0 Å². The summed E-state index contributed by atoms with van der Waals surface area (Å²) >= 11 is 0. The Balaban J connectivity index is 1.44. The molecule has 2 aliphatic rings. The number of para-hydroxylation sites is 1. The SMILES string of the molecule is [CH]c1cc(CCC(=O)OCCN2/C(=C\C=C3\C=C([N+](=O)[O-])C=CC3=O)C(C)(C)c3ccccc32)ccc1OC(C)C. The molecule has 4 rings (SSSR count). The van der Waals surface area contributed by atoms with Crippen LogP contribution in [0.2, 0.25) is 0 Å². The van der Waals surface area contributed by atoms with Crippen LogP contribution in [0, 0.1) is 17.0 Å². The van der Waals surface area contributed by atoms with Gasteiger partial charge in [0.05, 0.1) is 17.6 Å². The first-order valence-electron chi connectivity index (χ1n) is 13.6. The van der Waals surface area contributed by atoms with Crippen LogP contribution < -0.4 is 9.64 Å². The maximum atomic E-state index is 12.6. The predicted octanol–water partition coefficient (Wildman–Crippen LogP) is 5.92. The molecule has 0 N–H and O–H groups in total. The number of benzene rings is 2. The summed E-state index contributed by atoms with van der Waals surface area (Å²) in [6.45, 7) is 14.7. The molecule has 0 unspecified atom stereocenters. The van der Waals surface area contributed by atoms with Crippen LogP contribution in [-0.2, 0) is 26.2 Å². The van der Waals surface area contributed by atoms with Crippen molar-refractivity contribution in [2.45, 2.75) is 52.1 Å². The molecule has 0 fully saturated rings. The van der Waals surface area contributed by atoms with E-state index < -0.39 is 10.3 Å². The lowest BCUT2D eigenvalue weighted by Crippen LogP contribution is -2.29. The molecular weight excluding hydrogens is 520 g/mol. The lowest BCUT2D eigenvalue weighted by atomic mass is 9.83. The minimum Gasteiger partial charge on any atom is -0.491 e. The summed E-state index contributed by atoms with van der Waals surface area (Å²) in [4.78, 5) is 37.7. The molecule has 1 aliphatic heterocycles. The van der Waals surface area contributed by atoms with Crippen molar-refractivity contribution in [2.24, 2.45) is 0 Å². The number of ketones is 1. The quantitative estimate of drug-likeness (QED) is 0.156. The number of esters is 1. The normalized spacial score (nSPS) is 17.7. The Bertz CT molecular complexity index is 1480. The summed E-state index contributed by atoms with van der Waals surface area (Å²) in [5.41, 5.74) is 4.09. The van der Waals surface area contributed by atoms with Gasteiger partial charge in [-0.25, -0.2) is 0 Å². The van der Waals surface area contributed by atoms with Crippen LogP contribution in [-0.4, -0.2) is 35.9 Å². The zero-order valence-electron chi connectivity index (χ0n) is 23.8. The third kappa shape index (κ3) is 6.82. The van der Waals surface area contributed by atoms with Crippen LogP contribution in [0.25, 0.3) is 0 Å². The molecule has 2 radical (unpaired) electrons. The minimum atomic E-state index is -0.523. The highest BCUT2D eigenvalue weighted by atomic mass is 16.6. The van der Waals surface area contributed by atoms with Crippen LogP contribution >= 0.6 is 0 Å². The lowest BCUT2D eigenvalue weighted by Gasteiger charge is -2.27. The number of nitrogens with zero attached hydrogens (tertiary/aromatic N) is 2. The Kier molecular flexibility index (Phi) is 8.91. The van der Waals surface area contributed by atoms with E-state index in [1.54, 1.807) is 6.08 Å². The van der Waals surface area contributed by atoms with Crippen molar-refractivity contribution in [3.8, 4) is 5.75 Å². The van der Waals surface area contributed by atoms with E-state index in [0.717, 1.165) is 22.5 Å². The zero-order chi connectivity index (χ0) is 29.7. The molecule has 212 valence electrons. The summed E-state index contributed by atoms with van der Waals surface area (Å²) < 4.78 is 11.3. The molecule has 0 spiro atoms. The molecule has 0 amide bonds. The Labute approximate surface area is 240 Å². The van der Waals surface area contributed by atoms with E-state index in [0.29, 0.717) is 24.3 Å². The van der Waals surface area contributed by atoms with Crippen LogP contribution in [0.3, 0.4) is 0 Å². The number of aryl methyl sites for hydroxylation is 1. The number of hydrogen-bond donors (Lipinski definition) is 0. The van der Waals surface area contributed by atoms with Crippen molar-refractivity contribution in [2.75, 3.05) is 18.1 Å². The zero-order valence-corrected chi connectivity index (χ0v) is 23.8. The number of carbonyl (C=O) groups excluding carboxylic acids is 2. The van der Waals surface area contributed by atoms with E-state index in [-0.39, 0.29) is 42.2 Å². The fourth-order valence-electron chi connectivity index (χ4n) is 5.01. The summed E-state index contributed by atoms with van der Waals surface area (Å²) in [6.07, 6.45) is 7.83. The van der Waals surface area contributed by atoms with Crippen molar-refractivity contribution in [1.82, 2.24) is 0 Å². The first kappa shape index (κ1) is 29.5. The number of carbonyl (C=O) groups is 2. The number of anilines is 1. The van der Waals surface area contributed by atoms with Gasteiger partial charge in [-0.1, -0.05) is 44.2 Å². The Hall–Kier alpha value is -4.46. The largest absolute Gasteiger partial charge is 0.491 e. The van der Waals surface area contributed by atoms with Gasteiger partial charge in [-0.2, -0.15) is 0 Å². The first-order valence-corrected chi connectivity index (χ1v) is 13.6. The molecule has 0 bridgehead atoms. The van der Waals surface area contributed by atoms with Crippen molar-refractivity contribution in [3.05, 3.63) is 124 Å². The van der Waals surface area contributed by atoms with Crippen LogP contribution in [0.4, 0.5) is 5.69 Å². The molecule has 0 aromatic heterocycles. The molecule has 2 aromatic carbocycles. The highest BCUT2D eigenvalue weighted by Crippen LogP contribution is 2.47. The van der Waals surface area contributed by atoms with Crippen molar-refractivity contribution in [1.29, 1.82) is 0 Å². The monoisotopic (exact) mass is 554 g/mol. The molecule has 0 atom stereocenters. The summed E-state index contributed by atoms with van der Waals surface area (Å²) in [5.74, 6) is 0.00538. The van der Waals surface area contributed by atoms with Gasteiger partial charge in [-0.15, -0.1) is 0 Å². The van der Waals surface area contributed by atoms with Gasteiger partial charge in [-0.05, 0) is 67.3 Å². The molecule has 1 heterocycles. The minimum absolute atomic E-state index is 0.0171. The molecule has 41 heavy (non-hydrogen) atoms. The second-order valence-corrected chi connectivity index (χ2v) is 10.8. The average Bonchev–Trinajstić information content (AvgIpc) is 3.13. The van der Waals surface area contributed by atoms with Crippen LogP contribution in [0.1, 0.15) is 50.8 Å². The number of nitro groups is 1. The van der Waals surface area contributed by atoms with Crippen LogP contribution in [0.15, 0.2) is 89.8 Å². The fraction of sp³-hybridized carbons (Fsp3) is 0.303.